The fourth-order valence-electron chi connectivity index (χ4n) is 2.49. The van der Waals surface area contributed by atoms with E-state index in [9.17, 15) is 9.59 Å². The van der Waals surface area contributed by atoms with E-state index in [-0.39, 0.29) is 18.3 Å². The Hall–Kier alpha value is -3.28. The molecule has 0 aromatic heterocycles. The Balaban J connectivity index is 1.66. The van der Waals surface area contributed by atoms with Crippen LogP contribution in [0.25, 0.3) is 6.08 Å². The summed E-state index contributed by atoms with van der Waals surface area (Å²) < 4.78 is 10.5. The number of hydrogen-bond acceptors (Lipinski definition) is 4. The maximum absolute atomic E-state index is 12.5. The second-order valence-electron chi connectivity index (χ2n) is 5.09. The summed E-state index contributed by atoms with van der Waals surface area (Å²) in [5, 5.41) is 1.24. The molecule has 1 fully saturated rings. The van der Waals surface area contributed by atoms with Crippen LogP contribution in [0.2, 0.25) is 0 Å². The number of ether oxygens (including phenoxy) is 2. The Morgan fingerprint density at radius 2 is 1.78 bits per heavy atom. The number of nitrogens with zero attached hydrogens (tertiary/aromatic N) is 1. The Labute approximate surface area is 131 Å². The molecule has 0 unspecified atom stereocenters. The minimum absolute atomic E-state index is 0.0766. The maximum Gasteiger partial charge on any atom is 0.282 e. The van der Waals surface area contributed by atoms with Crippen molar-refractivity contribution >= 4 is 23.6 Å². The van der Waals surface area contributed by atoms with Crippen LogP contribution >= 0.6 is 0 Å². The van der Waals surface area contributed by atoms with E-state index in [2.05, 4.69) is 5.43 Å². The largest absolute Gasteiger partial charge is 0.454 e. The highest BCUT2D eigenvalue weighted by Gasteiger charge is 2.34. The van der Waals surface area contributed by atoms with Crippen molar-refractivity contribution in [3.05, 3.63) is 59.7 Å². The number of fused-ring (bicyclic) bond motifs is 1. The van der Waals surface area contributed by atoms with E-state index in [0.717, 1.165) is 0 Å². The molecular weight excluding hydrogens is 296 g/mol. The lowest BCUT2D eigenvalue weighted by Gasteiger charge is -2.13. The summed E-state index contributed by atoms with van der Waals surface area (Å²) in [7, 11) is 0. The second-order valence-corrected chi connectivity index (χ2v) is 5.09. The van der Waals surface area contributed by atoms with Gasteiger partial charge >= 0.3 is 0 Å². The molecule has 2 aromatic carbocycles. The molecule has 2 amide bonds. The first-order chi connectivity index (χ1) is 11.2. The third kappa shape index (κ3) is 2.30. The maximum atomic E-state index is 12.5. The molecule has 0 aliphatic carbocycles. The summed E-state index contributed by atoms with van der Waals surface area (Å²) in [6, 6.07) is 14.2. The summed E-state index contributed by atoms with van der Waals surface area (Å²) >= 11 is 0. The summed E-state index contributed by atoms with van der Waals surface area (Å²) in [6.45, 7) is 0.177. The van der Waals surface area contributed by atoms with Gasteiger partial charge < -0.3 is 9.47 Å². The van der Waals surface area contributed by atoms with Crippen LogP contribution in [0.1, 0.15) is 5.56 Å². The summed E-state index contributed by atoms with van der Waals surface area (Å²) in [4.78, 5) is 24.6. The molecule has 114 valence electrons. The fraction of sp³-hybridized carbons (Fsp3) is 0.0588. The Morgan fingerprint density at radius 3 is 2.61 bits per heavy atom. The van der Waals surface area contributed by atoms with E-state index >= 15 is 0 Å². The molecule has 0 spiro atoms. The zero-order valence-electron chi connectivity index (χ0n) is 12.0. The van der Waals surface area contributed by atoms with Gasteiger partial charge in [0.2, 0.25) is 6.79 Å². The predicted molar refractivity (Wildman–Crippen MR) is 82.6 cm³/mol. The number of carbonyl (C=O) groups excluding carboxylic acids is 2. The van der Waals surface area contributed by atoms with Gasteiger partial charge in [-0.3, -0.25) is 15.0 Å². The van der Waals surface area contributed by atoms with Crippen molar-refractivity contribution < 1.29 is 19.1 Å². The molecule has 1 N–H and O–H groups in total. The van der Waals surface area contributed by atoms with Crippen molar-refractivity contribution in [1.82, 2.24) is 5.43 Å². The first kappa shape index (κ1) is 13.4. The number of para-hydroxylation sites is 1. The molecule has 6 heteroatoms. The Morgan fingerprint density at radius 1 is 1.00 bits per heavy atom. The third-order valence-electron chi connectivity index (χ3n) is 3.61. The second kappa shape index (κ2) is 5.17. The monoisotopic (exact) mass is 308 g/mol. The molecule has 2 aromatic rings. The van der Waals surface area contributed by atoms with Crippen LogP contribution in [-0.2, 0) is 9.59 Å². The highest BCUT2D eigenvalue weighted by molar-refractivity contribution is 6.31. The number of carbonyl (C=O) groups is 2. The standard InChI is InChI=1S/C17H12N2O4/c20-16-13(8-11-6-7-14-15(9-11)23-10-22-14)17(21)19(18-16)12-4-2-1-3-5-12/h1-9H,10H2,(H,18,20). The number of benzene rings is 2. The average Bonchev–Trinajstić information content (AvgIpc) is 3.15. The van der Waals surface area contributed by atoms with Gasteiger partial charge in [-0.25, -0.2) is 5.01 Å². The predicted octanol–water partition coefficient (Wildman–Crippen LogP) is 1.88. The molecule has 0 atom stereocenters. The van der Waals surface area contributed by atoms with Gasteiger partial charge in [0.1, 0.15) is 5.57 Å². The minimum atomic E-state index is -0.434. The van der Waals surface area contributed by atoms with Gasteiger partial charge in [0.05, 0.1) is 5.69 Å². The SMILES string of the molecule is O=C1NN(c2ccccc2)C(=O)C1=Cc1ccc2c(c1)OCO2. The molecule has 2 aliphatic rings. The molecule has 0 radical (unpaired) electrons. The topological polar surface area (TPSA) is 67.9 Å². The van der Waals surface area contributed by atoms with Gasteiger partial charge in [-0.05, 0) is 35.9 Å². The molecule has 2 aliphatic heterocycles. The number of rotatable bonds is 2. The van der Waals surface area contributed by atoms with Crippen LogP contribution in [0.4, 0.5) is 5.69 Å². The smallest absolute Gasteiger partial charge is 0.282 e. The van der Waals surface area contributed by atoms with Gasteiger partial charge in [-0.1, -0.05) is 24.3 Å². The molecule has 23 heavy (non-hydrogen) atoms. The minimum Gasteiger partial charge on any atom is -0.454 e. The van der Waals surface area contributed by atoms with Crippen molar-refractivity contribution in [3.8, 4) is 11.5 Å². The van der Waals surface area contributed by atoms with Crippen molar-refractivity contribution in [2.45, 2.75) is 0 Å². The Bertz CT molecular complexity index is 830. The van der Waals surface area contributed by atoms with E-state index in [1.54, 1.807) is 48.5 Å². The number of anilines is 1. The lowest BCUT2D eigenvalue weighted by molar-refractivity contribution is -0.117. The lowest BCUT2D eigenvalue weighted by atomic mass is 10.1. The number of hydrogen-bond donors (Lipinski definition) is 1. The average molecular weight is 308 g/mol. The highest BCUT2D eigenvalue weighted by Crippen LogP contribution is 2.33. The van der Waals surface area contributed by atoms with Crippen LogP contribution in [0.5, 0.6) is 11.5 Å². The summed E-state index contributed by atoms with van der Waals surface area (Å²) in [5.41, 5.74) is 3.95. The zero-order chi connectivity index (χ0) is 15.8. The van der Waals surface area contributed by atoms with Crippen LogP contribution < -0.4 is 19.9 Å². The quantitative estimate of drug-likeness (QED) is 0.679. The van der Waals surface area contributed by atoms with E-state index in [0.29, 0.717) is 22.7 Å². The lowest BCUT2D eigenvalue weighted by Crippen LogP contribution is -2.35. The first-order valence-corrected chi connectivity index (χ1v) is 7.04. The number of hydrazine groups is 1. The molecule has 6 nitrogen and oxygen atoms in total. The Kier molecular flexibility index (Phi) is 3.01. The highest BCUT2D eigenvalue weighted by atomic mass is 16.7. The number of amides is 2. The van der Waals surface area contributed by atoms with Crippen molar-refractivity contribution in [2.75, 3.05) is 11.8 Å². The van der Waals surface area contributed by atoms with Gasteiger partial charge in [-0.2, -0.15) is 0 Å². The first-order valence-electron chi connectivity index (χ1n) is 7.04. The van der Waals surface area contributed by atoms with Crippen molar-refractivity contribution in [1.29, 1.82) is 0 Å². The van der Waals surface area contributed by atoms with E-state index in [1.807, 2.05) is 6.07 Å². The van der Waals surface area contributed by atoms with Crippen LogP contribution in [0.3, 0.4) is 0 Å². The fourth-order valence-corrected chi connectivity index (χ4v) is 2.49. The van der Waals surface area contributed by atoms with Crippen molar-refractivity contribution in [3.63, 3.8) is 0 Å². The molecular formula is C17H12N2O4. The van der Waals surface area contributed by atoms with E-state index in [1.165, 1.54) is 5.01 Å². The van der Waals surface area contributed by atoms with Crippen LogP contribution in [0, 0.1) is 0 Å². The normalized spacial score (nSPS) is 17.7. The molecule has 4 rings (SSSR count). The molecule has 2 heterocycles. The molecule has 0 saturated carbocycles. The summed E-state index contributed by atoms with van der Waals surface area (Å²) in [5.74, 6) is 0.431. The molecule has 1 saturated heterocycles. The van der Waals surface area contributed by atoms with Gasteiger partial charge in [0.25, 0.3) is 11.8 Å². The molecule has 0 bridgehead atoms. The van der Waals surface area contributed by atoms with Crippen LogP contribution in [-0.4, -0.2) is 18.6 Å². The van der Waals surface area contributed by atoms with Crippen molar-refractivity contribution in [2.24, 2.45) is 0 Å². The number of nitrogens with one attached hydrogen (secondary N) is 1. The van der Waals surface area contributed by atoms with E-state index in [4.69, 9.17) is 9.47 Å². The van der Waals surface area contributed by atoms with Crippen LogP contribution in [0.15, 0.2) is 54.1 Å². The summed E-state index contributed by atoms with van der Waals surface area (Å²) in [6.07, 6.45) is 1.54. The van der Waals surface area contributed by atoms with E-state index < -0.39 is 5.91 Å². The third-order valence-corrected chi connectivity index (χ3v) is 3.61. The van der Waals surface area contributed by atoms with Gasteiger partial charge in [0.15, 0.2) is 11.5 Å². The zero-order valence-corrected chi connectivity index (χ0v) is 12.0. The van der Waals surface area contributed by atoms with Gasteiger partial charge in [0, 0.05) is 0 Å². The van der Waals surface area contributed by atoms with Gasteiger partial charge in [-0.15, -0.1) is 0 Å².